The van der Waals surface area contributed by atoms with Gasteiger partial charge in [0, 0.05) is 24.5 Å². The number of hydrogen-bond donors (Lipinski definition) is 0. The van der Waals surface area contributed by atoms with Crippen LogP contribution in [0.5, 0.6) is 0 Å². The summed E-state index contributed by atoms with van der Waals surface area (Å²) in [5.41, 5.74) is 2.99. The number of carbonyl (C=O) groups excluding carboxylic acids is 1. The molecule has 1 aromatic rings. The van der Waals surface area contributed by atoms with Crippen LogP contribution in [0.4, 0.5) is 0 Å². The van der Waals surface area contributed by atoms with Gasteiger partial charge in [-0.3, -0.25) is 4.79 Å². The van der Waals surface area contributed by atoms with Crippen molar-refractivity contribution in [3.8, 4) is 0 Å². The number of carbonyl (C=O) groups is 1. The zero-order valence-corrected chi connectivity index (χ0v) is 10.8. The van der Waals surface area contributed by atoms with E-state index in [2.05, 4.69) is 0 Å². The lowest BCUT2D eigenvalue weighted by Crippen LogP contribution is -2.31. The summed E-state index contributed by atoms with van der Waals surface area (Å²) in [4.78, 5) is 13.8. The Bertz CT molecular complexity index is 431. The number of rotatable bonds is 3. The van der Waals surface area contributed by atoms with Crippen LogP contribution in [0, 0.1) is 0 Å². The minimum absolute atomic E-state index is 0.00667. The summed E-state index contributed by atoms with van der Waals surface area (Å²) < 4.78 is 5.33. The molecule has 1 amide bonds. The number of nitrogens with zero attached hydrogens (tertiary/aromatic N) is 1. The highest BCUT2D eigenvalue weighted by Crippen LogP contribution is 2.21. The molecule has 0 saturated carbocycles. The third-order valence-corrected chi connectivity index (χ3v) is 2.98. The number of benzene rings is 1. The lowest BCUT2D eigenvalue weighted by atomic mass is 10.1. The van der Waals surface area contributed by atoms with Crippen LogP contribution in [-0.4, -0.2) is 29.8 Å². The molecule has 17 heavy (non-hydrogen) atoms. The van der Waals surface area contributed by atoms with Gasteiger partial charge in [-0.25, -0.2) is 0 Å². The standard InChI is InChI=1S/C13H16ClNO2/c1-9(14)6-15(2)13(16)10-3-4-11-7-17-8-12(11)5-10/h3-5,9H,6-8H2,1-2H3. The Hall–Kier alpha value is -1.06. The van der Waals surface area contributed by atoms with Crippen LogP contribution in [0.15, 0.2) is 18.2 Å². The summed E-state index contributed by atoms with van der Waals surface area (Å²) in [6.45, 7) is 3.68. The number of alkyl halides is 1. The average molecular weight is 254 g/mol. The fraction of sp³-hybridized carbons (Fsp3) is 0.462. The van der Waals surface area contributed by atoms with E-state index in [0.29, 0.717) is 25.3 Å². The van der Waals surface area contributed by atoms with Gasteiger partial charge in [0.25, 0.3) is 5.91 Å². The smallest absolute Gasteiger partial charge is 0.253 e. The highest BCUT2D eigenvalue weighted by Gasteiger charge is 2.17. The van der Waals surface area contributed by atoms with Crippen molar-refractivity contribution in [3.05, 3.63) is 34.9 Å². The summed E-state index contributed by atoms with van der Waals surface area (Å²) in [7, 11) is 1.77. The van der Waals surface area contributed by atoms with E-state index in [1.54, 1.807) is 11.9 Å². The van der Waals surface area contributed by atoms with Crippen molar-refractivity contribution in [2.24, 2.45) is 0 Å². The Kier molecular flexibility index (Phi) is 3.69. The first kappa shape index (κ1) is 12.4. The molecule has 1 unspecified atom stereocenters. The van der Waals surface area contributed by atoms with Gasteiger partial charge in [-0.2, -0.15) is 0 Å². The van der Waals surface area contributed by atoms with Crippen molar-refractivity contribution in [1.29, 1.82) is 0 Å². The third kappa shape index (κ3) is 2.79. The van der Waals surface area contributed by atoms with Gasteiger partial charge in [0.15, 0.2) is 0 Å². The van der Waals surface area contributed by atoms with Gasteiger partial charge in [0.1, 0.15) is 0 Å². The molecular weight excluding hydrogens is 238 g/mol. The first-order valence-electron chi connectivity index (χ1n) is 5.67. The van der Waals surface area contributed by atoms with Crippen LogP contribution >= 0.6 is 11.6 Å². The lowest BCUT2D eigenvalue weighted by Gasteiger charge is -2.18. The lowest BCUT2D eigenvalue weighted by molar-refractivity contribution is 0.0796. The Labute approximate surface area is 106 Å². The largest absolute Gasteiger partial charge is 0.372 e. The molecule has 1 heterocycles. The number of ether oxygens (including phenoxy) is 1. The van der Waals surface area contributed by atoms with E-state index < -0.39 is 0 Å². The molecule has 1 aliphatic rings. The summed E-state index contributed by atoms with van der Waals surface area (Å²) >= 11 is 5.88. The molecule has 0 saturated heterocycles. The van der Waals surface area contributed by atoms with Gasteiger partial charge in [0.2, 0.25) is 0 Å². The first-order valence-corrected chi connectivity index (χ1v) is 6.10. The maximum atomic E-state index is 12.1. The van der Waals surface area contributed by atoms with Gasteiger partial charge in [-0.05, 0) is 30.2 Å². The molecular formula is C13H16ClNO2. The Morgan fingerprint density at radius 2 is 2.18 bits per heavy atom. The first-order chi connectivity index (χ1) is 8.08. The Morgan fingerprint density at radius 1 is 1.47 bits per heavy atom. The molecule has 0 aliphatic carbocycles. The minimum atomic E-state index is -0.0401. The van der Waals surface area contributed by atoms with E-state index in [0.717, 1.165) is 5.56 Å². The van der Waals surface area contributed by atoms with Crippen LogP contribution in [0.3, 0.4) is 0 Å². The molecule has 1 aliphatic heterocycles. The van der Waals surface area contributed by atoms with Crippen LogP contribution in [0.2, 0.25) is 0 Å². The van der Waals surface area contributed by atoms with Gasteiger partial charge in [0.05, 0.1) is 13.2 Å². The molecule has 0 aromatic heterocycles. The van der Waals surface area contributed by atoms with Gasteiger partial charge in [-0.1, -0.05) is 6.07 Å². The fourth-order valence-corrected chi connectivity index (χ4v) is 2.19. The Balaban J connectivity index is 2.14. The Morgan fingerprint density at radius 3 is 2.88 bits per heavy atom. The SMILES string of the molecule is CC(Cl)CN(C)C(=O)c1ccc2c(c1)COC2. The molecule has 4 heteroatoms. The van der Waals surface area contributed by atoms with Crippen molar-refractivity contribution >= 4 is 17.5 Å². The van der Waals surface area contributed by atoms with Gasteiger partial charge in [-0.15, -0.1) is 11.6 Å². The van der Waals surface area contributed by atoms with E-state index in [9.17, 15) is 4.79 Å². The van der Waals surface area contributed by atoms with E-state index in [1.807, 2.05) is 25.1 Å². The highest BCUT2D eigenvalue weighted by atomic mass is 35.5. The topological polar surface area (TPSA) is 29.5 Å². The second kappa shape index (κ2) is 5.07. The zero-order valence-electron chi connectivity index (χ0n) is 10.1. The number of amides is 1. The van der Waals surface area contributed by atoms with Crippen LogP contribution in [0.25, 0.3) is 0 Å². The predicted molar refractivity (Wildman–Crippen MR) is 67.2 cm³/mol. The number of hydrogen-bond acceptors (Lipinski definition) is 2. The van der Waals surface area contributed by atoms with E-state index in [4.69, 9.17) is 16.3 Å². The van der Waals surface area contributed by atoms with Crippen molar-refractivity contribution in [2.45, 2.75) is 25.5 Å². The molecule has 0 N–H and O–H groups in total. The maximum absolute atomic E-state index is 12.1. The molecule has 2 rings (SSSR count). The second-order valence-corrected chi connectivity index (χ2v) is 5.19. The molecule has 3 nitrogen and oxygen atoms in total. The van der Waals surface area contributed by atoms with E-state index in [-0.39, 0.29) is 11.3 Å². The van der Waals surface area contributed by atoms with Crippen LogP contribution in [-0.2, 0) is 18.0 Å². The third-order valence-electron chi connectivity index (χ3n) is 2.84. The van der Waals surface area contributed by atoms with Crippen molar-refractivity contribution in [1.82, 2.24) is 4.90 Å². The molecule has 1 atom stereocenters. The molecule has 1 aromatic carbocycles. The van der Waals surface area contributed by atoms with Crippen LogP contribution < -0.4 is 0 Å². The highest BCUT2D eigenvalue weighted by molar-refractivity contribution is 6.20. The fourth-order valence-electron chi connectivity index (χ4n) is 1.99. The van der Waals surface area contributed by atoms with Crippen molar-refractivity contribution in [2.75, 3.05) is 13.6 Å². The summed E-state index contributed by atoms with van der Waals surface area (Å²) in [6.07, 6.45) is 0. The average Bonchev–Trinajstić information content (AvgIpc) is 2.73. The number of halogens is 1. The van der Waals surface area contributed by atoms with Crippen molar-refractivity contribution < 1.29 is 9.53 Å². The molecule has 0 bridgehead atoms. The van der Waals surface area contributed by atoms with E-state index >= 15 is 0 Å². The van der Waals surface area contributed by atoms with Gasteiger partial charge >= 0.3 is 0 Å². The summed E-state index contributed by atoms with van der Waals surface area (Å²) in [5.74, 6) is 0.00667. The molecule has 0 fully saturated rings. The maximum Gasteiger partial charge on any atom is 0.253 e. The predicted octanol–water partition coefficient (Wildman–Crippen LogP) is 2.42. The molecule has 0 spiro atoms. The molecule has 0 radical (unpaired) electrons. The summed E-state index contributed by atoms with van der Waals surface area (Å²) in [5, 5.41) is -0.0401. The quantitative estimate of drug-likeness (QED) is 0.775. The van der Waals surface area contributed by atoms with Crippen molar-refractivity contribution in [3.63, 3.8) is 0 Å². The zero-order chi connectivity index (χ0) is 12.4. The normalized spacial score (nSPS) is 15.5. The molecule has 92 valence electrons. The monoisotopic (exact) mass is 253 g/mol. The van der Waals surface area contributed by atoms with Crippen LogP contribution in [0.1, 0.15) is 28.4 Å². The second-order valence-electron chi connectivity index (χ2n) is 4.44. The van der Waals surface area contributed by atoms with E-state index in [1.165, 1.54) is 5.56 Å². The summed E-state index contributed by atoms with van der Waals surface area (Å²) in [6, 6.07) is 5.73. The number of fused-ring (bicyclic) bond motifs is 1. The van der Waals surface area contributed by atoms with Gasteiger partial charge < -0.3 is 9.64 Å². The minimum Gasteiger partial charge on any atom is -0.372 e.